The zero-order chi connectivity index (χ0) is 17.6. The largest absolute Gasteiger partial charge is 0.508 e. The van der Waals surface area contributed by atoms with E-state index in [0.717, 1.165) is 22.4 Å². The Hall–Kier alpha value is -2.74. The summed E-state index contributed by atoms with van der Waals surface area (Å²) < 4.78 is 5.82. The van der Waals surface area contributed by atoms with E-state index in [0.29, 0.717) is 24.7 Å². The summed E-state index contributed by atoms with van der Waals surface area (Å²) in [5.74, 6) is 1.66. The second-order valence-corrected chi connectivity index (χ2v) is 6.64. The second-order valence-electron chi connectivity index (χ2n) is 6.64. The molecule has 3 aromatic carbocycles. The molecular weight excluding hydrogens is 308 g/mol. The molecule has 0 amide bonds. The molecule has 0 aromatic heterocycles. The van der Waals surface area contributed by atoms with E-state index in [1.807, 2.05) is 36.4 Å². The molecule has 2 heteroatoms. The van der Waals surface area contributed by atoms with Crippen LogP contribution in [0.25, 0.3) is 0 Å². The number of phenols is 1. The summed E-state index contributed by atoms with van der Waals surface area (Å²) in [5, 5.41) is 10.1. The van der Waals surface area contributed by atoms with Crippen molar-refractivity contribution < 1.29 is 9.84 Å². The van der Waals surface area contributed by atoms with Crippen LogP contribution in [0.15, 0.2) is 72.8 Å². The van der Waals surface area contributed by atoms with E-state index >= 15 is 0 Å². The van der Waals surface area contributed by atoms with Gasteiger partial charge in [0, 0.05) is 6.42 Å². The minimum Gasteiger partial charge on any atom is -0.508 e. The molecule has 1 N–H and O–H groups in total. The van der Waals surface area contributed by atoms with Crippen molar-refractivity contribution in [2.24, 2.45) is 0 Å². The molecule has 0 saturated heterocycles. The van der Waals surface area contributed by atoms with Crippen LogP contribution in [-0.4, -0.2) is 5.11 Å². The third-order valence-corrected chi connectivity index (χ3v) is 4.34. The van der Waals surface area contributed by atoms with Crippen LogP contribution in [0.4, 0.5) is 0 Å². The molecule has 3 rings (SSSR count). The molecule has 0 unspecified atom stereocenters. The highest BCUT2D eigenvalue weighted by molar-refractivity contribution is 5.41. The standard InChI is InChI=1S/C23H24O2/c1-17(2)20-10-13-23(24)21(15-20)14-18-8-11-22(12-9-18)25-16-19-6-4-3-5-7-19/h3-13,15,17,24H,14,16H2,1-2H3. The van der Waals surface area contributed by atoms with Gasteiger partial charge in [0.2, 0.25) is 0 Å². The molecule has 0 aliphatic carbocycles. The second kappa shape index (κ2) is 7.89. The summed E-state index contributed by atoms with van der Waals surface area (Å²) in [6, 6.07) is 24.1. The summed E-state index contributed by atoms with van der Waals surface area (Å²) in [6.07, 6.45) is 0.714. The fraction of sp³-hybridized carbons (Fsp3) is 0.217. The smallest absolute Gasteiger partial charge is 0.119 e. The average molecular weight is 332 g/mol. The fourth-order valence-electron chi connectivity index (χ4n) is 2.77. The van der Waals surface area contributed by atoms with Crippen LogP contribution in [0.1, 0.15) is 42.0 Å². The maximum Gasteiger partial charge on any atom is 0.119 e. The van der Waals surface area contributed by atoms with Gasteiger partial charge in [0.05, 0.1) is 0 Å². The van der Waals surface area contributed by atoms with Gasteiger partial charge in [-0.1, -0.05) is 68.4 Å². The summed E-state index contributed by atoms with van der Waals surface area (Å²) in [7, 11) is 0. The van der Waals surface area contributed by atoms with E-state index in [2.05, 4.69) is 44.2 Å². The molecule has 0 atom stereocenters. The quantitative estimate of drug-likeness (QED) is 0.629. The lowest BCUT2D eigenvalue weighted by molar-refractivity contribution is 0.306. The van der Waals surface area contributed by atoms with Crippen LogP contribution >= 0.6 is 0 Å². The van der Waals surface area contributed by atoms with Crippen LogP contribution in [0.3, 0.4) is 0 Å². The van der Waals surface area contributed by atoms with Gasteiger partial charge in [-0.3, -0.25) is 0 Å². The first-order valence-corrected chi connectivity index (χ1v) is 8.69. The van der Waals surface area contributed by atoms with E-state index in [-0.39, 0.29) is 0 Å². The zero-order valence-electron chi connectivity index (χ0n) is 14.8. The minimum atomic E-state index is 0.355. The van der Waals surface area contributed by atoms with Crippen molar-refractivity contribution >= 4 is 0 Å². The number of rotatable bonds is 6. The van der Waals surface area contributed by atoms with Gasteiger partial charge in [-0.05, 0) is 46.4 Å². The minimum absolute atomic E-state index is 0.355. The number of phenolic OH excluding ortho intramolecular Hbond substituents is 1. The van der Waals surface area contributed by atoms with Crippen LogP contribution in [0.2, 0.25) is 0 Å². The van der Waals surface area contributed by atoms with Gasteiger partial charge in [0.15, 0.2) is 0 Å². The van der Waals surface area contributed by atoms with E-state index in [4.69, 9.17) is 4.74 Å². The Balaban J connectivity index is 1.65. The third kappa shape index (κ3) is 4.63. The van der Waals surface area contributed by atoms with Gasteiger partial charge in [-0.15, -0.1) is 0 Å². The molecule has 0 aliphatic heterocycles. The van der Waals surface area contributed by atoms with Gasteiger partial charge < -0.3 is 9.84 Å². The topological polar surface area (TPSA) is 29.5 Å². The van der Waals surface area contributed by atoms with Crippen LogP contribution < -0.4 is 4.74 Å². The molecule has 0 heterocycles. The predicted octanol–water partition coefficient (Wildman–Crippen LogP) is 5.69. The summed E-state index contributed by atoms with van der Waals surface area (Å²) >= 11 is 0. The molecule has 2 nitrogen and oxygen atoms in total. The fourth-order valence-corrected chi connectivity index (χ4v) is 2.77. The Morgan fingerprint density at radius 3 is 2.24 bits per heavy atom. The number of hydrogen-bond acceptors (Lipinski definition) is 2. The van der Waals surface area contributed by atoms with Crippen molar-refractivity contribution in [1.82, 2.24) is 0 Å². The number of aromatic hydroxyl groups is 1. The number of benzene rings is 3. The Morgan fingerprint density at radius 1 is 0.840 bits per heavy atom. The van der Waals surface area contributed by atoms with E-state index in [9.17, 15) is 5.11 Å². The number of ether oxygens (including phenoxy) is 1. The molecule has 0 bridgehead atoms. The summed E-state index contributed by atoms with van der Waals surface area (Å²) in [6.45, 7) is 4.89. The maximum atomic E-state index is 10.1. The van der Waals surface area contributed by atoms with Crippen LogP contribution in [0.5, 0.6) is 11.5 Å². The lowest BCUT2D eigenvalue weighted by atomic mass is 9.97. The average Bonchev–Trinajstić information content (AvgIpc) is 2.63. The lowest BCUT2D eigenvalue weighted by Crippen LogP contribution is -1.96. The predicted molar refractivity (Wildman–Crippen MR) is 102 cm³/mol. The Bertz CT molecular complexity index is 805. The van der Waals surface area contributed by atoms with E-state index in [1.165, 1.54) is 5.56 Å². The molecule has 0 saturated carbocycles. The summed E-state index contributed by atoms with van der Waals surface area (Å²) in [4.78, 5) is 0. The first-order valence-electron chi connectivity index (χ1n) is 8.69. The number of hydrogen-bond donors (Lipinski definition) is 1. The lowest BCUT2D eigenvalue weighted by Gasteiger charge is -2.11. The van der Waals surface area contributed by atoms with E-state index < -0.39 is 0 Å². The van der Waals surface area contributed by atoms with E-state index in [1.54, 1.807) is 6.07 Å². The van der Waals surface area contributed by atoms with Gasteiger partial charge in [0.1, 0.15) is 18.1 Å². The molecule has 0 radical (unpaired) electrons. The van der Waals surface area contributed by atoms with Gasteiger partial charge in [0.25, 0.3) is 0 Å². The zero-order valence-corrected chi connectivity index (χ0v) is 14.8. The Labute approximate surface area is 149 Å². The highest BCUT2D eigenvalue weighted by Gasteiger charge is 2.07. The van der Waals surface area contributed by atoms with Gasteiger partial charge in [-0.2, -0.15) is 0 Å². The first kappa shape index (κ1) is 17.1. The van der Waals surface area contributed by atoms with Crippen molar-refractivity contribution in [2.45, 2.75) is 32.8 Å². The van der Waals surface area contributed by atoms with Gasteiger partial charge in [-0.25, -0.2) is 0 Å². The summed E-state index contributed by atoms with van der Waals surface area (Å²) in [5.41, 5.74) is 4.52. The van der Waals surface area contributed by atoms with Crippen molar-refractivity contribution in [2.75, 3.05) is 0 Å². The molecule has 128 valence electrons. The normalized spacial score (nSPS) is 10.8. The van der Waals surface area contributed by atoms with Crippen molar-refractivity contribution in [3.05, 3.63) is 95.1 Å². The molecule has 0 aliphatic rings. The van der Waals surface area contributed by atoms with Gasteiger partial charge >= 0.3 is 0 Å². The van der Waals surface area contributed by atoms with Crippen LogP contribution in [-0.2, 0) is 13.0 Å². The van der Waals surface area contributed by atoms with Crippen LogP contribution in [0, 0.1) is 0 Å². The third-order valence-electron chi connectivity index (χ3n) is 4.34. The van der Waals surface area contributed by atoms with Crippen molar-refractivity contribution in [3.8, 4) is 11.5 Å². The monoisotopic (exact) mass is 332 g/mol. The molecule has 25 heavy (non-hydrogen) atoms. The first-order chi connectivity index (χ1) is 12.1. The molecule has 0 spiro atoms. The molecule has 0 fully saturated rings. The molecular formula is C23H24O2. The Morgan fingerprint density at radius 2 is 1.56 bits per heavy atom. The van der Waals surface area contributed by atoms with Crippen molar-refractivity contribution in [1.29, 1.82) is 0 Å². The van der Waals surface area contributed by atoms with Crippen molar-refractivity contribution in [3.63, 3.8) is 0 Å². The highest BCUT2D eigenvalue weighted by atomic mass is 16.5. The SMILES string of the molecule is CC(C)c1ccc(O)c(Cc2ccc(OCc3ccccc3)cc2)c1. The Kier molecular flexibility index (Phi) is 5.39. The highest BCUT2D eigenvalue weighted by Crippen LogP contribution is 2.26. The maximum absolute atomic E-state index is 10.1. The molecule has 3 aromatic rings.